The number of piperidine rings is 1. The molecule has 1 amide bonds. The summed E-state index contributed by atoms with van der Waals surface area (Å²) >= 11 is 0. The lowest BCUT2D eigenvalue weighted by Crippen LogP contribution is -2.42. The first kappa shape index (κ1) is 16.2. The van der Waals surface area contributed by atoms with Crippen LogP contribution in [0, 0.1) is 16.0 Å². The number of nitro groups is 1. The topological polar surface area (TPSA) is 86.9 Å². The molecule has 0 radical (unpaired) electrons. The van der Waals surface area contributed by atoms with Gasteiger partial charge in [-0.05, 0) is 18.9 Å². The van der Waals surface area contributed by atoms with E-state index in [1.165, 1.54) is 6.07 Å². The van der Waals surface area contributed by atoms with Crippen molar-refractivity contribution in [2.24, 2.45) is 5.92 Å². The van der Waals surface area contributed by atoms with Gasteiger partial charge in [-0.2, -0.15) is 0 Å². The Kier molecular flexibility index (Phi) is 5.32. The van der Waals surface area contributed by atoms with Gasteiger partial charge in [-0.25, -0.2) is 0 Å². The molecule has 120 valence electrons. The van der Waals surface area contributed by atoms with Gasteiger partial charge >= 0.3 is 0 Å². The van der Waals surface area contributed by atoms with Crippen LogP contribution in [-0.4, -0.2) is 54.1 Å². The molecule has 1 aliphatic rings. The minimum absolute atomic E-state index is 0.0382. The van der Waals surface area contributed by atoms with Crippen LogP contribution < -0.4 is 4.90 Å². The second kappa shape index (κ2) is 7.22. The molecule has 1 aromatic carbocycles. The summed E-state index contributed by atoms with van der Waals surface area (Å²) in [6.45, 7) is 1.53. The minimum Gasteiger partial charge on any atom is -0.395 e. The molecule has 0 spiro atoms. The van der Waals surface area contributed by atoms with E-state index in [4.69, 9.17) is 5.11 Å². The molecule has 22 heavy (non-hydrogen) atoms. The molecule has 0 saturated carbocycles. The number of nitro benzene ring substituents is 1. The fraction of sp³-hybridized carbons (Fsp3) is 0.533. The van der Waals surface area contributed by atoms with Gasteiger partial charge in [0.2, 0.25) is 5.91 Å². The zero-order chi connectivity index (χ0) is 16.1. The highest BCUT2D eigenvalue weighted by Gasteiger charge is 2.29. The van der Waals surface area contributed by atoms with Crippen LogP contribution in [0.25, 0.3) is 0 Å². The number of aliphatic hydroxyl groups excluding tert-OH is 1. The van der Waals surface area contributed by atoms with Crippen LogP contribution in [0.15, 0.2) is 24.3 Å². The first-order valence-electron chi connectivity index (χ1n) is 7.38. The Morgan fingerprint density at radius 2 is 2.05 bits per heavy atom. The lowest BCUT2D eigenvalue weighted by atomic mass is 9.95. The highest BCUT2D eigenvalue weighted by atomic mass is 16.6. The molecule has 1 saturated heterocycles. The number of anilines is 1. The number of para-hydroxylation sites is 2. The summed E-state index contributed by atoms with van der Waals surface area (Å²) < 4.78 is 0. The standard InChI is InChI=1S/C15H21N3O4/c1-16(10-11-19)15(20)12-6-8-17(9-7-12)13-4-2-3-5-14(13)18(21)22/h2-5,12,19H,6-11H2,1H3. The van der Waals surface area contributed by atoms with Crippen molar-refractivity contribution >= 4 is 17.3 Å². The molecule has 1 aromatic rings. The average molecular weight is 307 g/mol. The molecule has 0 unspecified atom stereocenters. The van der Waals surface area contributed by atoms with Crippen molar-refractivity contribution in [1.82, 2.24) is 4.90 Å². The molecular weight excluding hydrogens is 286 g/mol. The first-order valence-corrected chi connectivity index (χ1v) is 7.38. The lowest BCUT2D eigenvalue weighted by Gasteiger charge is -2.34. The lowest BCUT2D eigenvalue weighted by molar-refractivity contribution is -0.384. The molecule has 7 heteroatoms. The molecule has 0 aromatic heterocycles. The second-order valence-corrected chi connectivity index (χ2v) is 5.49. The predicted octanol–water partition coefficient (Wildman–Crippen LogP) is 1.26. The Labute approximate surface area is 129 Å². The van der Waals surface area contributed by atoms with Gasteiger partial charge < -0.3 is 14.9 Å². The second-order valence-electron chi connectivity index (χ2n) is 5.49. The summed E-state index contributed by atoms with van der Waals surface area (Å²) in [5.41, 5.74) is 0.715. The van der Waals surface area contributed by atoms with E-state index in [1.54, 1.807) is 30.1 Å². The number of aliphatic hydroxyl groups is 1. The van der Waals surface area contributed by atoms with E-state index in [-0.39, 0.29) is 29.0 Å². The summed E-state index contributed by atoms with van der Waals surface area (Å²) in [4.78, 5) is 26.4. The quantitative estimate of drug-likeness (QED) is 0.653. The van der Waals surface area contributed by atoms with Crippen LogP contribution in [0.1, 0.15) is 12.8 Å². The number of carbonyl (C=O) groups is 1. The normalized spacial score (nSPS) is 15.6. The predicted molar refractivity (Wildman–Crippen MR) is 82.8 cm³/mol. The minimum atomic E-state index is -0.373. The molecular formula is C15H21N3O4. The zero-order valence-electron chi connectivity index (χ0n) is 12.6. The van der Waals surface area contributed by atoms with Gasteiger partial charge in [0.25, 0.3) is 5.69 Å². The maximum atomic E-state index is 12.2. The smallest absolute Gasteiger partial charge is 0.292 e. The molecule has 7 nitrogen and oxygen atoms in total. The maximum absolute atomic E-state index is 12.2. The van der Waals surface area contributed by atoms with E-state index < -0.39 is 0 Å². The Morgan fingerprint density at radius 1 is 1.41 bits per heavy atom. The van der Waals surface area contributed by atoms with E-state index in [0.717, 1.165) is 0 Å². The molecule has 1 N–H and O–H groups in total. The number of benzene rings is 1. The third-order valence-corrected chi connectivity index (χ3v) is 4.07. The molecule has 0 aliphatic carbocycles. The number of nitrogens with zero attached hydrogens (tertiary/aromatic N) is 3. The molecule has 1 fully saturated rings. The molecule has 0 bridgehead atoms. The number of likely N-dealkylation sites (N-methyl/N-ethyl adjacent to an activating group) is 1. The molecule has 1 heterocycles. The average Bonchev–Trinajstić information content (AvgIpc) is 2.54. The van der Waals surface area contributed by atoms with Crippen LogP contribution in [0.4, 0.5) is 11.4 Å². The van der Waals surface area contributed by atoms with E-state index in [9.17, 15) is 14.9 Å². The summed E-state index contributed by atoms with van der Waals surface area (Å²) in [6.07, 6.45) is 1.33. The van der Waals surface area contributed by atoms with E-state index >= 15 is 0 Å². The highest BCUT2D eigenvalue weighted by molar-refractivity contribution is 5.79. The summed E-state index contributed by atoms with van der Waals surface area (Å²) in [5, 5.41) is 20.0. The van der Waals surface area contributed by atoms with Crippen molar-refractivity contribution in [3.63, 3.8) is 0 Å². The van der Waals surface area contributed by atoms with Crippen molar-refractivity contribution in [2.75, 3.05) is 38.2 Å². The van der Waals surface area contributed by atoms with Crippen LogP contribution in [0.5, 0.6) is 0 Å². The highest BCUT2D eigenvalue weighted by Crippen LogP contribution is 2.31. The SMILES string of the molecule is CN(CCO)C(=O)C1CCN(c2ccccc2[N+](=O)[O-])CC1. The summed E-state index contributed by atoms with van der Waals surface area (Å²) in [6, 6.07) is 6.69. The summed E-state index contributed by atoms with van der Waals surface area (Å²) in [7, 11) is 1.69. The van der Waals surface area contributed by atoms with Crippen LogP contribution >= 0.6 is 0 Å². The van der Waals surface area contributed by atoms with Crippen molar-refractivity contribution in [3.8, 4) is 0 Å². The van der Waals surface area contributed by atoms with Gasteiger partial charge in [-0.1, -0.05) is 12.1 Å². The fourth-order valence-electron chi connectivity index (χ4n) is 2.83. The van der Waals surface area contributed by atoms with Crippen molar-refractivity contribution in [1.29, 1.82) is 0 Å². The number of rotatable bonds is 5. The maximum Gasteiger partial charge on any atom is 0.292 e. The van der Waals surface area contributed by atoms with Crippen LogP contribution in [-0.2, 0) is 4.79 Å². The van der Waals surface area contributed by atoms with Gasteiger partial charge in [0.1, 0.15) is 5.69 Å². The van der Waals surface area contributed by atoms with Gasteiger partial charge in [0.05, 0.1) is 11.5 Å². The molecule has 2 rings (SSSR count). The Morgan fingerprint density at radius 3 is 2.64 bits per heavy atom. The monoisotopic (exact) mass is 307 g/mol. The Bertz CT molecular complexity index is 541. The van der Waals surface area contributed by atoms with E-state index in [1.807, 2.05) is 4.90 Å². The van der Waals surface area contributed by atoms with Crippen molar-refractivity contribution < 1.29 is 14.8 Å². The third kappa shape index (κ3) is 3.54. The Balaban J connectivity index is 2.01. The van der Waals surface area contributed by atoms with Crippen molar-refractivity contribution in [2.45, 2.75) is 12.8 Å². The van der Waals surface area contributed by atoms with E-state index in [2.05, 4.69) is 0 Å². The number of hydrogen-bond donors (Lipinski definition) is 1. The van der Waals surface area contributed by atoms with Gasteiger partial charge in [-0.3, -0.25) is 14.9 Å². The van der Waals surface area contributed by atoms with Gasteiger partial charge in [0, 0.05) is 38.7 Å². The largest absolute Gasteiger partial charge is 0.395 e. The molecule has 0 atom stereocenters. The van der Waals surface area contributed by atoms with E-state index in [0.29, 0.717) is 38.2 Å². The van der Waals surface area contributed by atoms with Gasteiger partial charge in [0.15, 0.2) is 0 Å². The third-order valence-electron chi connectivity index (χ3n) is 4.07. The first-order chi connectivity index (χ1) is 10.5. The van der Waals surface area contributed by atoms with Crippen LogP contribution in [0.3, 0.4) is 0 Å². The van der Waals surface area contributed by atoms with Crippen LogP contribution in [0.2, 0.25) is 0 Å². The fourth-order valence-corrected chi connectivity index (χ4v) is 2.83. The Hall–Kier alpha value is -2.15. The molecule has 1 aliphatic heterocycles. The van der Waals surface area contributed by atoms with Crippen molar-refractivity contribution in [3.05, 3.63) is 34.4 Å². The number of carbonyl (C=O) groups excluding carboxylic acids is 1. The zero-order valence-corrected chi connectivity index (χ0v) is 12.6. The number of hydrogen-bond acceptors (Lipinski definition) is 5. The van der Waals surface area contributed by atoms with Gasteiger partial charge in [-0.15, -0.1) is 0 Å². The number of amides is 1. The summed E-state index contributed by atoms with van der Waals surface area (Å²) in [5.74, 6) is -0.0353.